The van der Waals surface area contributed by atoms with Crippen molar-refractivity contribution in [2.24, 2.45) is 0 Å². The first-order valence-electron chi connectivity index (χ1n) is 5.75. The number of nitrogens with one attached hydrogen (secondary N) is 1. The first kappa shape index (κ1) is 12.8. The largest absolute Gasteiger partial charge is 0.309 e. The fourth-order valence-electron chi connectivity index (χ4n) is 1.58. The molecular formula is C13H14BrN3O. The minimum Gasteiger partial charge on any atom is -0.309 e. The summed E-state index contributed by atoms with van der Waals surface area (Å²) in [5.41, 5.74) is 0.977. The molecule has 1 aromatic carbocycles. The maximum absolute atomic E-state index is 11.8. The van der Waals surface area contributed by atoms with E-state index in [4.69, 9.17) is 0 Å². The zero-order valence-corrected chi connectivity index (χ0v) is 11.6. The second-order valence-electron chi connectivity index (χ2n) is 3.91. The van der Waals surface area contributed by atoms with Crippen LogP contribution in [0.3, 0.4) is 0 Å². The molecule has 4 nitrogen and oxygen atoms in total. The third-order valence-electron chi connectivity index (χ3n) is 2.51. The van der Waals surface area contributed by atoms with Crippen LogP contribution in [0.5, 0.6) is 0 Å². The minimum absolute atomic E-state index is 0.0568. The summed E-state index contributed by atoms with van der Waals surface area (Å²) >= 11 is 3.36. The van der Waals surface area contributed by atoms with Crippen molar-refractivity contribution in [2.75, 3.05) is 5.32 Å². The van der Waals surface area contributed by atoms with Gasteiger partial charge in [0.25, 0.3) is 0 Å². The molecule has 0 aliphatic heterocycles. The first-order chi connectivity index (χ1) is 8.67. The van der Waals surface area contributed by atoms with Crippen LogP contribution < -0.4 is 5.32 Å². The highest BCUT2D eigenvalue weighted by Gasteiger charge is 2.05. The van der Waals surface area contributed by atoms with Gasteiger partial charge in [-0.2, -0.15) is 5.10 Å². The van der Waals surface area contributed by atoms with E-state index in [1.807, 2.05) is 37.4 Å². The van der Waals surface area contributed by atoms with Crippen LogP contribution in [0, 0.1) is 0 Å². The molecule has 1 aromatic heterocycles. The Labute approximate surface area is 114 Å². The number of rotatable bonds is 4. The Morgan fingerprint density at radius 3 is 2.67 bits per heavy atom. The summed E-state index contributed by atoms with van der Waals surface area (Å²) in [6, 6.07) is 9.49. The van der Waals surface area contributed by atoms with Gasteiger partial charge in [0, 0.05) is 23.3 Å². The van der Waals surface area contributed by atoms with Crippen molar-refractivity contribution >= 4 is 27.7 Å². The number of aromatic nitrogens is 2. The summed E-state index contributed by atoms with van der Waals surface area (Å²) in [5, 5.41) is 6.98. The number of carbonyl (C=O) groups is 1. The van der Waals surface area contributed by atoms with Crippen LogP contribution in [-0.2, 0) is 17.8 Å². The Bertz CT molecular complexity index is 533. The lowest BCUT2D eigenvalue weighted by Gasteiger charge is -2.02. The molecule has 0 atom stereocenters. The summed E-state index contributed by atoms with van der Waals surface area (Å²) in [6.45, 7) is 2.79. The number of amides is 1. The van der Waals surface area contributed by atoms with Gasteiger partial charge in [-0.05, 0) is 24.6 Å². The third kappa shape index (κ3) is 3.43. The summed E-state index contributed by atoms with van der Waals surface area (Å²) in [6.07, 6.45) is 2.20. The van der Waals surface area contributed by atoms with E-state index in [0.29, 0.717) is 12.2 Å². The lowest BCUT2D eigenvalue weighted by Crippen LogP contribution is -2.15. The summed E-state index contributed by atoms with van der Waals surface area (Å²) in [5.74, 6) is 0.539. The lowest BCUT2D eigenvalue weighted by molar-refractivity contribution is -0.115. The number of nitrogens with zero attached hydrogens (tertiary/aromatic N) is 2. The number of halogens is 1. The van der Waals surface area contributed by atoms with Crippen LogP contribution in [0.4, 0.5) is 5.82 Å². The van der Waals surface area contributed by atoms with Gasteiger partial charge >= 0.3 is 0 Å². The first-order valence-corrected chi connectivity index (χ1v) is 6.54. The molecule has 94 valence electrons. The van der Waals surface area contributed by atoms with E-state index < -0.39 is 0 Å². The number of hydrogen-bond acceptors (Lipinski definition) is 2. The molecule has 0 saturated carbocycles. The van der Waals surface area contributed by atoms with E-state index >= 15 is 0 Å². The van der Waals surface area contributed by atoms with Gasteiger partial charge in [-0.25, -0.2) is 0 Å². The topological polar surface area (TPSA) is 46.9 Å². The molecule has 0 saturated heterocycles. The zero-order valence-electron chi connectivity index (χ0n) is 10.1. The van der Waals surface area contributed by atoms with Gasteiger partial charge < -0.3 is 5.32 Å². The number of aryl methyl sites for hydroxylation is 1. The lowest BCUT2D eigenvalue weighted by atomic mass is 10.1. The maximum atomic E-state index is 11.8. The molecule has 2 aromatic rings. The average molecular weight is 308 g/mol. The van der Waals surface area contributed by atoms with Gasteiger partial charge in [0.1, 0.15) is 0 Å². The summed E-state index contributed by atoms with van der Waals surface area (Å²) < 4.78 is 2.78. The Balaban J connectivity index is 1.94. The highest BCUT2D eigenvalue weighted by atomic mass is 79.9. The Morgan fingerprint density at radius 1 is 1.33 bits per heavy atom. The molecule has 5 heteroatoms. The number of benzene rings is 1. The van der Waals surface area contributed by atoms with E-state index in [1.54, 1.807) is 10.7 Å². The van der Waals surface area contributed by atoms with E-state index in [9.17, 15) is 4.79 Å². The fraction of sp³-hybridized carbons (Fsp3) is 0.231. The summed E-state index contributed by atoms with van der Waals surface area (Å²) in [4.78, 5) is 11.8. The van der Waals surface area contributed by atoms with E-state index in [2.05, 4.69) is 26.3 Å². The van der Waals surface area contributed by atoms with Crippen LogP contribution in [0.2, 0.25) is 0 Å². The van der Waals surface area contributed by atoms with Gasteiger partial charge in [0.15, 0.2) is 5.82 Å². The second-order valence-corrected chi connectivity index (χ2v) is 4.82. The molecule has 1 N–H and O–H groups in total. The average Bonchev–Trinajstić information content (AvgIpc) is 2.79. The van der Waals surface area contributed by atoms with Gasteiger partial charge in [-0.1, -0.05) is 28.1 Å². The van der Waals surface area contributed by atoms with Gasteiger partial charge in [-0.3, -0.25) is 9.48 Å². The molecule has 1 amide bonds. The van der Waals surface area contributed by atoms with Crippen LogP contribution in [0.1, 0.15) is 12.5 Å². The molecule has 0 fully saturated rings. The molecule has 0 radical (unpaired) electrons. The summed E-state index contributed by atoms with van der Waals surface area (Å²) in [7, 11) is 0. The molecule has 0 bridgehead atoms. The molecule has 0 aliphatic carbocycles. The highest BCUT2D eigenvalue weighted by molar-refractivity contribution is 9.10. The van der Waals surface area contributed by atoms with Crippen molar-refractivity contribution < 1.29 is 4.79 Å². The maximum Gasteiger partial charge on any atom is 0.229 e. The quantitative estimate of drug-likeness (QED) is 0.944. The van der Waals surface area contributed by atoms with Gasteiger partial charge in [0.05, 0.1) is 6.42 Å². The molecular weight excluding hydrogens is 294 g/mol. The van der Waals surface area contributed by atoms with E-state index in [0.717, 1.165) is 16.6 Å². The predicted octanol–water partition coefficient (Wildman–Crippen LogP) is 2.85. The minimum atomic E-state index is -0.0568. The molecule has 2 rings (SSSR count). The smallest absolute Gasteiger partial charge is 0.229 e. The van der Waals surface area contributed by atoms with Gasteiger partial charge in [0.2, 0.25) is 5.91 Å². The zero-order chi connectivity index (χ0) is 13.0. The molecule has 18 heavy (non-hydrogen) atoms. The van der Waals surface area contributed by atoms with Crippen molar-refractivity contribution in [3.05, 3.63) is 46.6 Å². The number of anilines is 1. The second kappa shape index (κ2) is 5.82. The molecule has 0 unspecified atom stereocenters. The Kier molecular flexibility index (Phi) is 4.15. The van der Waals surface area contributed by atoms with Crippen molar-refractivity contribution in [3.63, 3.8) is 0 Å². The number of hydrogen-bond donors (Lipinski definition) is 1. The molecule has 1 heterocycles. The Morgan fingerprint density at radius 2 is 2.06 bits per heavy atom. The normalized spacial score (nSPS) is 10.3. The van der Waals surface area contributed by atoms with Crippen molar-refractivity contribution in [1.29, 1.82) is 0 Å². The van der Waals surface area contributed by atoms with E-state index in [1.165, 1.54) is 0 Å². The van der Waals surface area contributed by atoms with Crippen LogP contribution >= 0.6 is 15.9 Å². The number of carbonyl (C=O) groups excluding carboxylic acids is 1. The van der Waals surface area contributed by atoms with Crippen LogP contribution in [-0.4, -0.2) is 15.7 Å². The monoisotopic (exact) mass is 307 g/mol. The van der Waals surface area contributed by atoms with Crippen molar-refractivity contribution in [1.82, 2.24) is 9.78 Å². The predicted molar refractivity (Wildman–Crippen MR) is 74.4 cm³/mol. The molecule has 0 spiro atoms. The molecule has 0 aliphatic rings. The van der Waals surface area contributed by atoms with Crippen molar-refractivity contribution in [2.45, 2.75) is 19.9 Å². The third-order valence-corrected chi connectivity index (χ3v) is 3.04. The Hall–Kier alpha value is -1.62. The standard InChI is InChI=1S/C13H14BrN3O/c1-2-17-8-7-12(16-17)15-13(18)9-10-3-5-11(14)6-4-10/h3-8H,2,9H2,1H3,(H,15,16,18). The van der Waals surface area contributed by atoms with E-state index in [-0.39, 0.29) is 5.91 Å². The van der Waals surface area contributed by atoms with Gasteiger partial charge in [-0.15, -0.1) is 0 Å². The van der Waals surface area contributed by atoms with Crippen LogP contribution in [0.15, 0.2) is 41.0 Å². The van der Waals surface area contributed by atoms with Crippen molar-refractivity contribution in [3.8, 4) is 0 Å². The van der Waals surface area contributed by atoms with Crippen LogP contribution in [0.25, 0.3) is 0 Å². The highest BCUT2D eigenvalue weighted by Crippen LogP contribution is 2.11. The SMILES string of the molecule is CCn1ccc(NC(=O)Cc2ccc(Br)cc2)n1. The fourth-order valence-corrected chi connectivity index (χ4v) is 1.84.